The van der Waals surface area contributed by atoms with Crippen molar-refractivity contribution in [2.75, 3.05) is 31.6 Å². The second kappa shape index (κ2) is 9.50. The standard InChI is InChI=1S/C26H28F2N6O4/c1-26(5-6-26)38-25(35)34-10-17-12-36-13-18(11-34)22(17)37-24-21(28)23(29-14-30-24)32-20-4-3-15(7-19(20)27)16-8-31-33(2)9-16/h3-4,7-9,14,17-18,22H,5-6,10-13H2,1-2H3,(H,29,30,32). The highest BCUT2D eigenvalue weighted by Gasteiger charge is 2.47. The van der Waals surface area contributed by atoms with E-state index in [9.17, 15) is 9.18 Å². The maximum absolute atomic E-state index is 15.4. The van der Waals surface area contributed by atoms with Crippen molar-refractivity contribution in [3.8, 4) is 17.0 Å². The number of hydrogen-bond donors (Lipinski definition) is 1. The number of nitrogens with one attached hydrogen (secondary N) is 1. The molecule has 38 heavy (non-hydrogen) atoms. The zero-order valence-electron chi connectivity index (χ0n) is 21.1. The molecule has 0 spiro atoms. The number of hydrogen-bond acceptors (Lipinski definition) is 8. The van der Waals surface area contributed by atoms with Crippen LogP contribution in [-0.4, -0.2) is 68.7 Å². The van der Waals surface area contributed by atoms with Gasteiger partial charge in [-0.25, -0.2) is 14.2 Å². The summed E-state index contributed by atoms with van der Waals surface area (Å²) in [6, 6.07) is 4.57. The third kappa shape index (κ3) is 4.87. The first kappa shape index (κ1) is 24.5. The van der Waals surface area contributed by atoms with Crippen LogP contribution in [0.5, 0.6) is 5.88 Å². The Morgan fingerprint density at radius 1 is 1.16 bits per heavy atom. The summed E-state index contributed by atoms with van der Waals surface area (Å²) in [7, 11) is 1.78. The highest BCUT2D eigenvalue weighted by Crippen LogP contribution is 2.40. The zero-order valence-corrected chi connectivity index (χ0v) is 21.1. The van der Waals surface area contributed by atoms with Crippen molar-refractivity contribution < 1.29 is 27.8 Å². The average molecular weight is 527 g/mol. The molecule has 4 heterocycles. The fourth-order valence-corrected chi connectivity index (χ4v) is 4.94. The Kier molecular flexibility index (Phi) is 6.13. The number of halogens is 2. The van der Waals surface area contributed by atoms with Gasteiger partial charge in [-0.15, -0.1) is 0 Å². The van der Waals surface area contributed by atoms with E-state index in [0.717, 1.165) is 24.7 Å². The molecular weight excluding hydrogens is 498 g/mol. The SMILES string of the molecule is Cn1cc(-c2ccc(Nc3ncnc(OC4C5COCC4CN(C(=O)OC4(C)CC4)C5)c3F)c(F)c2)cn1. The minimum absolute atomic E-state index is 0.0580. The number of benzene rings is 1. The van der Waals surface area contributed by atoms with Crippen molar-refractivity contribution in [3.63, 3.8) is 0 Å². The lowest BCUT2D eigenvalue weighted by Crippen LogP contribution is -2.59. The molecule has 1 saturated carbocycles. The number of ether oxygens (including phenoxy) is 3. The molecule has 3 fully saturated rings. The zero-order chi connectivity index (χ0) is 26.4. The summed E-state index contributed by atoms with van der Waals surface area (Å²) in [5.74, 6) is -2.19. The van der Waals surface area contributed by atoms with Gasteiger partial charge in [-0.1, -0.05) is 6.07 Å². The first-order valence-corrected chi connectivity index (χ1v) is 12.6. The Balaban J connectivity index is 1.16. The topological polar surface area (TPSA) is 104 Å². The molecule has 1 aromatic carbocycles. The van der Waals surface area contributed by atoms with Gasteiger partial charge in [-0.05, 0) is 37.5 Å². The monoisotopic (exact) mass is 526 g/mol. The lowest BCUT2D eigenvalue weighted by atomic mass is 9.84. The van der Waals surface area contributed by atoms with Gasteiger partial charge in [0, 0.05) is 43.7 Å². The Labute approximate surface area is 217 Å². The lowest BCUT2D eigenvalue weighted by Gasteiger charge is -2.46. The van der Waals surface area contributed by atoms with E-state index in [2.05, 4.69) is 20.4 Å². The van der Waals surface area contributed by atoms with E-state index in [1.807, 2.05) is 6.92 Å². The summed E-state index contributed by atoms with van der Waals surface area (Å²) in [4.78, 5) is 22.3. The van der Waals surface area contributed by atoms with Crippen molar-refractivity contribution in [2.24, 2.45) is 18.9 Å². The second-order valence-corrected chi connectivity index (χ2v) is 10.4. The Bertz CT molecular complexity index is 1350. The van der Waals surface area contributed by atoms with Crippen LogP contribution in [-0.2, 0) is 16.5 Å². The number of aromatic nitrogens is 4. The highest BCUT2D eigenvalue weighted by molar-refractivity contribution is 5.69. The molecule has 6 rings (SSSR count). The van der Waals surface area contributed by atoms with Gasteiger partial charge >= 0.3 is 6.09 Å². The van der Waals surface area contributed by atoms with Crippen LogP contribution in [0.25, 0.3) is 11.1 Å². The van der Waals surface area contributed by atoms with Crippen LogP contribution in [0.4, 0.5) is 25.1 Å². The Morgan fingerprint density at radius 3 is 2.58 bits per heavy atom. The van der Waals surface area contributed by atoms with Gasteiger partial charge < -0.3 is 24.4 Å². The van der Waals surface area contributed by atoms with Crippen LogP contribution in [0.1, 0.15) is 19.8 Å². The molecule has 2 aliphatic heterocycles. The Hall–Kier alpha value is -3.80. The molecule has 1 aliphatic carbocycles. The minimum Gasteiger partial charge on any atom is -0.471 e. The lowest BCUT2D eigenvalue weighted by molar-refractivity contribution is -0.112. The smallest absolute Gasteiger partial charge is 0.410 e. The summed E-state index contributed by atoms with van der Waals surface area (Å²) in [6.45, 7) is 3.42. The molecule has 10 nitrogen and oxygen atoms in total. The number of carbonyl (C=O) groups is 1. The largest absolute Gasteiger partial charge is 0.471 e. The number of nitrogens with zero attached hydrogens (tertiary/aromatic N) is 5. The molecule has 2 saturated heterocycles. The van der Waals surface area contributed by atoms with Crippen molar-refractivity contribution >= 4 is 17.6 Å². The van der Waals surface area contributed by atoms with Crippen LogP contribution >= 0.6 is 0 Å². The van der Waals surface area contributed by atoms with Crippen LogP contribution in [0.3, 0.4) is 0 Å². The van der Waals surface area contributed by atoms with E-state index < -0.39 is 17.7 Å². The number of carbonyl (C=O) groups excluding carboxylic acids is 1. The second-order valence-electron chi connectivity index (χ2n) is 10.4. The molecule has 3 aromatic rings. The molecule has 0 radical (unpaired) electrons. The summed E-state index contributed by atoms with van der Waals surface area (Å²) >= 11 is 0. The average Bonchev–Trinajstić information content (AvgIpc) is 3.44. The molecule has 200 valence electrons. The predicted octanol–water partition coefficient (Wildman–Crippen LogP) is 3.91. The first-order valence-electron chi connectivity index (χ1n) is 12.6. The summed E-state index contributed by atoms with van der Waals surface area (Å²) in [6.07, 6.45) is 5.58. The summed E-state index contributed by atoms with van der Waals surface area (Å²) in [5.41, 5.74) is 1.10. The van der Waals surface area contributed by atoms with Gasteiger partial charge in [0.15, 0.2) is 5.82 Å². The van der Waals surface area contributed by atoms with Crippen LogP contribution in [0.15, 0.2) is 36.9 Å². The van der Waals surface area contributed by atoms with E-state index >= 15 is 4.39 Å². The minimum atomic E-state index is -0.828. The number of anilines is 2. The third-order valence-corrected chi connectivity index (χ3v) is 7.31. The van der Waals surface area contributed by atoms with Gasteiger partial charge in [0.25, 0.3) is 5.88 Å². The number of likely N-dealkylation sites (tertiary alicyclic amines) is 1. The molecule has 2 aromatic heterocycles. The maximum atomic E-state index is 15.4. The molecule has 1 amide bonds. The van der Waals surface area contributed by atoms with E-state index in [4.69, 9.17) is 14.2 Å². The first-order chi connectivity index (χ1) is 18.3. The van der Waals surface area contributed by atoms with Gasteiger partial charge in [0.1, 0.15) is 23.8 Å². The molecule has 2 atom stereocenters. The van der Waals surface area contributed by atoms with E-state index in [1.165, 1.54) is 12.1 Å². The third-order valence-electron chi connectivity index (χ3n) is 7.31. The molecular formula is C26H28F2N6O4. The molecule has 3 aliphatic rings. The number of rotatable bonds is 6. The van der Waals surface area contributed by atoms with E-state index in [-0.39, 0.29) is 40.9 Å². The van der Waals surface area contributed by atoms with Crippen molar-refractivity contribution in [1.82, 2.24) is 24.6 Å². The van der Waals surface area contributed by atoms with Crippen molar-refractivity contribution in [1.29, 1.82) is 0 Å². The van der Waals surface area contributed by atoms with E-state index in [1.54, 1.807) is 35.1 Å². The molecule has 2 unspecified atom stereocenters. The van der Waals surface area contributed by atoms with E-state index in [0.29, 0.717) is 31.9 Å². The highest BCUT2D eigenvalue weighted by atomic mass is 19.1. The van der Waals surface area contributed by atoms with Gasteiger partial charge in [0.05, 0.1) is 25.1 Å². The van der Waals surface area contributed by atoms with Crippen molar-refractivity contribution in [3.05, 3.63) is 48.6 Å². The van der Waals surface area contributed by atoms with Gasteiger partial charge in [-0.2, -0.15) is 14.5 Å². The van der Waals surface area contributed by atoms with Gasteiger partial charge in [0.2, 0.25) is 5.82 Å². The van der Waals surface area contributed by atoms with Crippen LogP contribution < -0.4 is 10.1 Å². The molecule has 1 N–H and O–H groups in total. The Morgan fingerprint density at radius 2 is 1.92 bits per heavy atom. The van der Waals surface area contributed by atoms with Gasteiger partial charge in [-0.3, -0.25) is 4.68 Å². The van der Waals surface area contributed by atoms with Crippen LogP contribution in [0, 0.1) is 23.5 Å². The summed E-state index contributed by atoms with van der Waals surface area (Å²) in [5, 5.41) is 6.80. The molecule has 2 bridgehead atoms. The number of piperidine rings is 1. The number of aryl methyl sites for hydroxylation is 1. The quantitative estimate of drug-likeness (QED) is 0.516. The fraction of sp³-hybridized carbons (Fsp3) is 0.462. The number of amides is 1. The van der Waals surface area contributed by atoms with Crippen LogP contribution in [0.2, 0.25) is 0 Å². The number of fused-ring (bicyclic) bond motifs is 2. The van der Waals surface area contributed by atoms with Crippen molar-refractivity contribution in [2.45, 2.75) is 31.5 Å². The fourth-order valence-electron chi connectivity index (χ4n) is 4.94. The summed E-state index contributed by atoms with van der Waals surface area (Å²) < 4.78 is 49.3. The predicted molar refractivity (Wildman–Crippen MR) is 132 cm³/mol. The normalized spacial score (nSPS) is 23.6. The molecule has 12 heteroatoms. The maximum Gasteiger partial charge on any atom is 0.410 e.